The van der Waals surface area contributed by atoms with Crippen LogP contribution in [0.4, 0.5) is 13.2 Å². The molecule has 1 aromatic heterocycles. The van der Waals surface area contributed by atoms with Gasteiger partial charge in [-0.1, -0.05) is 19.4 Å². The minimum absolute atomic E-state index is 0.0458. The number of nitrogens with zero attached hydrogens (tertiary/aromatic N) is 4. The highest BCUT2D eigenvalue weighted by Gasteiger charge is 2.35. The number of aromatic nitrogens is 2. The second-order valence-corrected chi connectivity index (χ2v) is 8.59. The zero-order valence-electron chi connectivity index (χ0n) is 20.7. The van der Waals surface area contributed by atoms with E-state index in [0.717, 1.165) is 12.1 Å². The Balaban J connectivity index is 1.84. The number of carbonyl (C=O) groups excluding carboxylic acids is 3. The lowest BCUT2D eigenvalue weighted by Gasteiger charge is -2.40. The Labute approximate surface area is 207 Å². The molecule has 2 aromatic rings. The molecule has 2 heterocycles. The van der Waals surface area contributed by atoms with Gasteiger partial charge in [-0.25, -0.2) is 14.8 Å². The van der Waals surface area contributed by atoms with Crippen LogP contribution in [0.2, 0.25) is 0 Å². The topological polar surface area (TPSA) is 92.7 Å². The van der Waals surface area contributed by atoms with Gasteiger partial charge in [-0.2, -0.15) is 13.2 Å². The molecule has 0 radical (unpaired) electrons. The molecule has 1 unspecified atom stereocenters. The van der Waals surface area contributed by atoms with E-state index in [1.54, 1.807) is 20.8 Å². The summed E-state index contributed by atoms with van der Waals surface area (Å²) in [4.78, 5) is 50.7. The summed E-state index contributed by atoms with van der Waals surface area (Å²) < 4.78 is 44.4. The third kappa shape index (κ3) is 5.83. The van der Waals surface area contributed by atoms with Crippen molar-refractivity contribution in [2.45, 2.75) is 52.8 Å². The quantitative estimate of drug-likeness (QED) is 0.552. The lowest BCUT2D eigenvalue weighted by Crippen LogP contribution is -2.55. The number of halogens is 3. The van der Waals surface area contributed by atoms with Gasteiger partial charge >= 0.3 is 12.1 Å². The SMILES string of the molecule is CCCc1nc(C)nc(C(=O)N2CCN(C(=O)c3cccc(C(F)(F)F)c3)C(C)C2)c1C(=O)OCC. The smallest absolute Gasteiger partial charge is 0.416 e. The van der Waals surface area contributed by atoms with Crippen LogP contribution >= 0.6 is 0 Å². The first-order valence-corrected chi connectivity index (χ1v) is 11.8. The maximum atomic E-state index is 13.5. The fraction of sp³-hybridized carbons (Fsp3) is 0.480. The standard InChI is InChI=1S/C25H29F3N4O4/c1-5-8-19-20(24(35)36-6-2)21(30-16(4)29-19)23(34)31-11-12-32(15(3)14-31)22(33)17-9-7-10-18(13-17)25(26,27)28/h7,9-10,13,15H,5-6,8,11-12,14H2,1-4H3. The van der Waals surface area contributed by atoms with Crippen LogP contribution in [0.25, 0.3) is 0 Å². The normalized spacial score (nSPS) is 16.1. The third-order valence-corrected chi connectivity index (χ3v) is 5.88. The van der Waals surface area contributed by atoms with E-state index < -0.39 is 35.6 Å². The van der Waals surface area contributed by atoms with Gasteiger partial charge in [0.1, 0.15) is 17.1 Å². The monoisotopic (exact) mass is 506 g/mol. The van der Waals surface area contributed by atoms with E-state index in [2.05, 4.69) is 9.97 Å². The molecule has 194 valence electrons. The van der Waals surface area contributed by atoms with Gasteiger partial charge in [0.2, 0.25) is 0 Å². The van der Waals surface area contributed by atoms with E-state index in [9.17, 15) is 27.6 Å². The van der Waals surface area contributed by atoms with E-state index in [1.165, 1.54) is 21.9 Å². The molecule has 0 N–H and O–H groups in total. The molecule has 8 nitrogen and oxygen atoms in total. The van der Waals surface area contributed by atoms with Crippen LogP contribution in [0.1, 0.15) is 75.5 Å². The number of rotatable bonds is 6. The second kappa shape index (κ2) is 11.0. The summed E-state index contributed by atoms with van der Waals surface area (Å²) in [5, 5.41) is 0. The molecule has 1 saturated heterocycles. The molecule has 36 heavy (non-hydrogen) atoms. The number of hydrogen-bond acceptors (Lipinski definition) is 6. The lowest BCUT2D eigenvalue weighted by molar-refractivity contribution is -0.137. The van der Waals surface area contributed by atoms with Crippen LogP contribution in [0, 0.1) is 6.92 Å². The van der Waals surface area contributed by atoms with Crippen molar-refractivity contribution in [3.8, 4) is 0 Å². The van der Waals surface area contributed by atoms with Crippen molar-refractivity contribution in [1.29, 1.82) is 0 Å². The largest absolute Gasteiger partial charge is 0.462 e. The highest BCUT2D eigenvalue weighted by Crippen LogP contribution is 2.30. The summed E-state index contributed by atoms with van der Waals surface area (Å²) in [5.41, 5.74) is -0.531. The number of amides is 2. The number of piperazine rings is 1. The molecule has 1 aliphatic heterocycles. The van der Waals surface area contributed by atoms with Crippen LogP contribution in [0.5, 0.6) is 0 Å². The number of aryl methyl sites for hydroxylation is 2. The van der Waals surface area contributed by atoms with Crippen LogP contribution < -0.4 is 0 Å². The van der Waals surface area contributed by atoms with Crippen molar-refractivity contribution >= 4 is 17.8 Å². The zero-order valence-corrected chi connectivity index (χ0v) is 20.7. The molecule has 11 heteroatoms. The van der Waals surface area contributed by atoms with Crippen LogP contribution in [-0.2, 0) is 17.3 Å². The third-order valence-electron chi connectivity index (χ3n) is 5.88. The van der Waals surface area contributed by atoms with Gasteiger partial charge in [-0.3, -0.25) is 9.59 Å². The lowest BCUT2D eigenvalue weighted by atomic mass is 10.0. The van der Waals surface area contributed by atoms with E-state index in [1.807, 2.05) is 6.92 Å². The Hall–Kier alpha value is -3.50. The fourth-order valence-corrected chi connectivity index (χ4v) is 4.21. The number of ether oxygens (including phenoxy) is 1. The minimum atomic E-state index is -4.56. The number of benzene rings is 1. The molecule has 1 aromatic carbocycles. The summed E-state index contributed by atoms with van der Waals surface area (Å²) >= 11 is 0. The number of esters is 1. The van der Waals surface area contributed by atoms with Gasteiger partial charge in [0.05, 0.1) is 17.9 Å². The summed E-state index contributed by atoms with van der Waals surface area (Å²) in [5.74, 6) is -1.35. The van der Waals surface area contributed by atoms with Crippen molar-refractivity contribution in [3.63, 3.8) is 0 Å². The Morgan fingerprint density at radius 2 is 1.83 bits per heavy atom. The fourth-order valence-electron chi connectivity index (χ4n) is 4.21. The molecule has 0 spiro atoms. The molecule has 1 fully saturated rings. The molecule has 3 rings (SSSR count). The van der Waals surface area contributed by atoms with E-state index in [-0.39, 0.29) is 43.1 Å². The maximum Gasteiger partial charge on any atom is 0.416 e. The first kappa shape index (κ1) is 27.1. The van der Waals surface area contributed by atoms with Crippen molar-refractivity contribution in [2.24, 2.45) is 0 Å². The minimum Gasteiger partial charge on any atom is -0.462 e. The van der Waals surface area contributed by atoms with E-state index in [0.29, 0.717) is 24.4 Å². The summed E-state index contributed by atoms with van der Waals surface area (Å²) in [6.45, 7) is 7.43. The summed E-state index contributed by atoms with van der Waals surface area (Å²) in [7, 11) is 0. The van der Waals surface area contributed by atoms with Gasteiger partial charge in [0.15, 0.2) is 0 Å². The Kier molecular flexibility index (Phi) is 8.31. The first-order chi connectivity index (χ1) is 17.0. The molecule has 1 atom stereocenters. The Bertz CT molecular complexity index is 1150. The molecular formula is C25H29F3N4O4. The number of alkyl halides is 3. The zero-order chi connectivity index (χ0) is 26.6. The number of carbonyl (C=O) groups is 3. The van der Waals surface area contributed by atoms with Gasteiger partial charge in [-0.15, -0.1) is 0 Å². The molecular weight excluding hydrogens is 477 g/mol. The number of hydrogen-bond donors (Lipinski definition) is 0. The molecule has 0 aliphatic carbocycles. The van der Waals surface area contributed by atoms with Crippen molar-refractivity contribution in [3.05, 3.63) is 58.2 Å². The van der Waals surface area contributed by atoms with Crippen LogP contribution in [0.3, 0.4) is 0 Å². The predicted molar refractivity (Wildman–Crippen MR) is 125 cm³/mol. The van der Waals surface area contributed by atoms with Crippen LogP contribution in [0.15, 0.2) is 24.3 Å². The van der Waals surface area contributed by atoms with Crippen molar-refractivity contribution in [2.75, 3.05) is 26.2 Å². The molecule has 2 amide bonds. The van der Waals surface area contributed by atoms with Gasteiger partial charge in [-0.05, 0) is 45.4 Å². The average Bonchev–Trinajstić information content (AvgIpc) is 2.82. The first-order valence-electron chi connectivity index (χ1n) is 11.8. The Morgan fingerprint density at radius 1 is 1.11 bits per heavy atom. The Morgan fingerprint density at radius 3 is 2.44 bits per heavy atom. The second-order valence-electron chi connectivity index (χ2n) is 8.59. The van der Waals surface area contributed by atoms with E-state index in [4.69, 9.17) is 4.74 Å². The highest BCUT2D eigenvalue weighted by atomic mass is 19.4. The molecule has 0 bridgehead atoms. The van der Waals surface area contributed by atoms with Gasteiger partial charge < -0.3 is 14.5 Å². The van der Waals surface area contributed by atoms with Gasteiger partial charge in [0, 0.05) is 31.2 Å². The predicted octanol–water partition coefficient (Wildman–Crippen LogP) is 3.92. The van der Waals surface area contributed by atoms with Crippen LogP contribution in [-0.4, -0.2) is 69.8 Å². The molecule has 0 saturated carbocycles. The van der Waals surface area contributed by atoms with Crippen molar-refractivity contribution < 1.29 is 32.3 Å². The highest BCUT2D eigenvalue weighted by molar-refractivity contribution is 6.04. The van der Waals surface area contributed by atoms with Gasteiger partial charge in [0.25, 0.3) is 11.8 Å². The average molecular weight is 507 g/mol. The molecule has 1 aliphatic rings. The summed E-state index contributed by atoms with van der Waals surface area (Å²) in [6, 6.07) is 3.80. The maximum absolute atomic E-state index is 13.5. The van der Waals surface area contributed by atoms with E-state index >= 15 is 0 Å². The van der Waals surface area contributed by atoms with Crippen molar-refractivity contribution in [1.82, 2.24) is 19.8 Å². The summed E-state index contributed by atoms with van der Waals surface area (Å²) in [6.07, 6.45) is -3.40.